The van der Waals surface area contributed by atoms with E-state index in [1.165, 1.54) is 36.2 Å². The van der Waals surface area contributed by atoms with Crippen LogP contribution in [0.25, 0.3) is 0 Å². The third-order valence-corrected chi connectivity index (χ3v) is 4.70. The van der Waals surface area contributed by atoms with Crippen molar-refractivity contribution in [3.63, 3.8) is 0 Å². The van der Waals surface area contributed by atoms with Crippen molar-refractivity contribution in [2.45, 2.75) is 0 Å². The van der Waals surface area contributed by atoms with Gasteiger partial charge in [-0.2, -0.15) is 0 Å². The molecule has 0 saturated heterocycles. The van der Waals surface area contributed by atoms with Crippen molar-refractivity contribution in [2.75, 3.05) is 29.6 Å². The number of rotatable bonds is 4. The summed E-state index contributed by atoms with van der Waals surface area (Å²) in [5, 5.41) is 0. The first kappa shape index (κ1) is 17.0. The summed E-state index contributed by atoms with van der Waals surface area (Å²) >= 11 is 0. The number of carbonyl (C=O) groups is 1. The van der Waals surface area contributed by atoms with Crippen LogP contribution in [0.15, 0.2) is 48.5 Å². The molecule has 0 spiro atoms. The SMILES string of the molecule is CN(C(=O)c1ccc(F)cc1)c1ccc(N(C)S(C)(=O)=O)cc1. The highest BCUT2D eigenvalue weighted by molar-refractivity contribution is 7.92. The highest BCUT2D eigenvalue weighted by Gasteiger charge is 2.15. The molecular formula is C16H17FN2O3S. The fraction of sp³-hybridized carbons (Fsp3) is 0.188. The molecule has 0 atom stereocenters. The van der Waals surface area contributed by atoms with Crippen molar-refractivity contribution in [1.82, 2.24) is 0 Å². The smallest absolute Gasteiger partial charge is 0.258 e. The Morgan fingerprint density at radius 1 is 0.913 bits per heavy atom. The van der Waals surface area contributed by atoms with E-state index in [1.807, 2.05) is 0 Å². The Bertz CT molecular complexity index is 802. The summed E-state index contributed by atoms with van der Waals surface area (Å²) in [6.07, 6.45) is 1.12. The van der Waals surface area contributed by atoms with Gasteiger partial charge in [-0.25, -0.2) is 12.8 Å². The van der Waals surface area contributed by atoms with E-state index in [1.54, 1.807) is 31.3 Å². The van der Waals surface area contributed by atoms with Crippen LogP contribution < -0.4 is 9.21 Å². The number of carbonyl (C=O) groups excluding carboxylic acids is 1. The lowest BCUT2D eigenvalue weighted by molar-refractivity contribution is 0.0993. The highest BCUT2D eigenvalue weighted by Crippen LogP contribution is 2.22. The Morgan fingerprint density at radius 2 is 1.39 bits per heavy atom. The highest BCUT2D eigenvalue weighted by atomic mass is 32.2. The number of amides is 1. The van der Waals surface area contributed by atoms with Gasteiger partial charge in [-0.3, -0.25) is 9.10 Å². The lowest BCUT2D eigenvalue weighted by Crippen LogP contribution is -2.27. The van der Waals surface area contributed by atoms with Crippen LogP contribution in [0.1, 0.15) is 10.4 Å². The van der Waals surface area contributed by atoms with Crippen LogP contribution in [0.2, 0.25) is 0 Å². The minimum Gasteiger partial charge on any atom is -0.311 e. The van der Waals surface area contributed by atoms with Crippen LogP contribution in [-0.4, -0.2) is 34.7 Å². The Morgan fingerprint density at radius 3 is 1.87 bits per heavy atom. The number of benzene rings is 2. The number of sulfonamides is 1. The predicted molar refractivity (Wildman–Crippen MR) is 88.8 cm³/mol. The van der Waals surface area contributed by atoms with Gasteiger partial charge < -0.3 is 4.90 Å². The number of anilines is 2. The molecule has 23 heavy (non-hydrogen) atoms. The lowest BCUT2D eigenvalue weighted by atomic mass is 10.2. The predicted octanol–water partition coefficient (Wildman–Crippen LogP) is 2.50. The van der Waals surface area contributed by atoms with Crippen LogP contribution in [-0.2, 0) is 10.0 Å². The summed E-state index contributed by atoms with van der Waals surface area (Å²) in [5.41, 5.74) is 1.47. The van der Waals surface area contributed by atoms with Crippen molar-refractivity contribution in [1.29, 1.82) is 0 Å². The van der Waals surface area contributed by atoms with Gasteiger partial charge in [-0.15, -0.1) is 0 Å². The van der Waals surface area contributed by atoms with Crippen molar-refractivity contribution in [3.05, 3.63) is 59.9 Å². The molecule has 2 aromatic rings. The number of nitrogens with zero attached hydrogens (tertiary/aromatic N) is 2. The minimum atomic E-state index is -3.34. The van der Waals surface area contributed by atoms with E-state index in [9.17, 15) is 17.6 Å². The van der Waals surface area contributed by atoms with Crippen LogP contribution in [0.3, 0.4) is 0 Å². The van der Waals surface area contributed by atoms with Gasteiger partial charge >= 0.3 is 0 Å². The van der Waals surface area contributed by atoms with Crippen molar-refractivity contribution >= 4 is 27.3 Å². The molecule has 0 aromatic heterocycles. The van der Waals surface area contributed by atoms with E-state index in [0.717, 1.165) is 10.6 Å². The van der Waals surface area contributed by atoms with Gasteiger partial charge in [0.05, 0.1) is 11.9 Å². The molecule has 1 amide bonds. The first-order chi connectivity index (χ1) is 10.7. The number of halogens is 1. The largest absolute Gasteiger partial charge is 0.311 e. The standard InChI is InChI=1S/C16H17FN2O3S/c1-18(16(20)12-4-6-13(17)7-5-12)14-8-10-15(11-9-14)19(2)23(3,21)22/h4-11H,1-3H3. The molecule has 0 saturated carbocycles. The maximum Gasteiger partial charge on any atom is 0.258 e. The normalized spacial score (nSPS) is 11.1. The second kappa shape index (κ2) is 6.37. The van der Waals surface area contributed by atoms with E-state index in [2.05, 4.69) is 0 Å². The quantitative estimate of drug-likeness (QED) is 0.862. The van der Waals surface area contributed by atoms with Crippen LogP contribution >= 0.6 is 0 Å². The summed E-state index contributed by atoms with van der Waals surface area (Å²) in [6, 6.07) is 11.8. The molecule has 7 heteroatoms. The van der Waals surface area contributed by atoms with E-state index < -0.39 is 15.8 Å². The van der Waals surface area contributed by atoms with Gasteiger partial charge in [0.25, 0.3) is 5.91 Å². The molecule has 0 unspecified atom stereocenters. The van der Waals surface area contributed by atoms with E-state index in [-0.39, 0.29) is 5.91 Å². The second-order valence-electron chi connectivity index (χ2n) is 5.12. The maximum absolute atomic E-state index is 12.9. The summed E-state index contributed by atoms with van der Waals surface area (Å²) in [5.74, 6) is -0.688. The average Bonchev–Trinajstić information content (AvgIpc) is 2.53. The maximum atomic E-state index is 12.9. The molecule has 0 aliphatic carbocycles. The van der Waals surface area contributed by atoms with Gasteiger partial charge in [-0.1, -0.05) is 0 Å². The van der Waals surface area contributed by atoms with Gasteiger partial charge in [0.1, 0.15) is 5.82 Å². The van der Waals surface area contributed by atoms with Crippen LogP contribution in [0.4, 0.5) is 15.8 Å². The van der Waals surface area contributed by atoms with Crippen molar-refractivity contribution < 1.29 is 17.6 Å². The van der Waals surface area contributed by atoms with Crippen LogP contribution in [0.5, 0.6) is 0 Å². The van der Waals surface area contributed by atoms with Gasteiger partial charge in [0.15, 0.2) is 0 Å². The zero-order valence-electron chi connectivity index (χ0n) is 13.0. The second-order valence-corrected chi connectivity index (χ2v) is 7.13. The van der Waals surface area contributed by atoms with E-state index in [0.29, 0.717) is 16.9 Å². The molecule has 122 valence electrons. The summed E-state index contributed by atoms with van der Waals surface area (Å²) < 4.78 is 37.1. The third kappa shape index (κ3) is 3.87. The Kier molecular flexibility index (Phi) is 4.70. The third-order valence-electron chi connectivity index (χ3n) is 3.49. The average molecular weight is 336 g/mol. The van der Waals surface area contributed by atoms with E-state index in [4.69, 9.17) is 0 Å². The molecule has 2 aromatic carbocycles. The van der Waals surface area contributed by atoms with E-state index >= 15 is 0 Å². The first-order valence-corrected chi connectivity index (χ1v) is 8.62. The summed E-state index contributed by atoms with van der Waals surface area (Å²) in [6.45, 7) is 0. The molecular weight excluding hydrogens is 319 g/mol. The minimum absolute atomic E-state index is 0.283. The van der Waals surface area contributed by atoms with Crippen LogP contribution in [0, 0.1) is 5.82 Å². The Labute approximate surface area is 135 Å². The monoisotopic (exact) mass is 336 g/mol. The van der Waals surface area contributed by atoms with Crippen molar-refractivity contribution in [3.8, 4) is 0 Å². The Balaban J connectivity index is 2.21. The molecule has 0 radical (unpaired) electrons. The van der Waals surface area contributed by atoms with Gasteiger partial charge in [-0.05, 0) is 48.5 Å². The lowest BCUT2D eigenvalue weighted by Gasteiger charge is -2.20. The van der Waals surface area contributed by atoms with Gasteiger partial charge in [0, 0.05) is 25.3 Å². The zero-order chi connectivity index (χ0) is 17.2. The molecule has 0 aliphatic heterocycles. The number of hydrogen-bond donors (Lipinski definition) is 0. The molecule has 0 bridgehead atoms. The molecule has 0 fully saturated rings. The zero-order valence-corrected chi connectivity index (χ0v) is 13.8. The molecule has 0 N–H and O–H groups in total. The fourth-order valence-corrected chi connectivity index (χ4v) is 2.49. The topological polar surface area (TPSA) is 57.7 Å². The van der Waals surface area contributed by atoms with Crippen molar-refractivity contribution in [2.24, 2.45) is 0 Å². The molecule has 0 heterocycles. The molecule has 5 nitrogen and oxygen atoms in total. The molecule has 2 rings (SSSR count). The fourth-order valence-electron chi connectivity index (χ4n) is 1.98. The first-order valence-electron chi connectivity index (χ1n) is 6.78. The molecule has 0 aliphatic rings. The van der Waals surface area contributed by atoms with Gasteiger partial charge in [0.2, 0.25) is 10.0 Å². The number of hydrogen-bond acceptors (Lipinski definition) is 3. The summed E-state index contributed by atoms with van der Waals surface area (Å²) in [7, 11) is -0.281. The summed E-state index contributed by atoms with van der Waals surface area (Å²) in [4.78, 5) is 13.7. The Hall–Kier alpha value is -2.41.